The number of pyridine rings is 1. The van der Waals surface area contributed by atoms with Gasteiger partial charge >= 0.3 is 6.09 Å². The second kappa shape index (κ2) is 12.9. The molecule has 43 heavy (non-hydrogen) atoms. The lowest BCUT2D eigenvalue weighted by molar-refractivity contribution is -0.121. The number of benzene rings is 1. The molecular formula is C31H41ClF2N6O3. The lowest BCUT2D eigenvalue weighted by atomic mass is 9.74. The van der Waals surface area contributed by atoms with Crippen LogP contribution in [-0.2, 0) is 14.9 Å². The summed E-state index contributed by atoms with van der Waals surface area (Å²) >= 11 is 6.53. The molecule has 1 atom stereocenters. The van der Waals surface area contributed by atoms with E-state index in [0.717, 1.165) is 39.1 Å². The van der Waals surface area contributed by atoms with E-state index in [-0.39, 0.29) is 18.5 Å². The van der Waals surface area contributed by atoms with E-state index in [9.17, 15) is 18.4 Å². The second-order valence-corrected chi connectivity index (χ2v) is 13.0. The number of nitrogens with one attached hydrogen (secondary N) is 1. The normalized spacial score (nSPS) is 21.7. The molecule has 9 nitrogen and oxygen atoms in total. The average Bonchev–Trinajstić information content (AvgIpc) is 3.33. The Labute approximate surface area is 257 Å². The smallest absolute Gasteiger partial charge is 0.410 e. The van der Waals surface area contributed by atoms with Crippen molar-refractivity contribution in [3.8, 4) is 0 Å². The highest BCUT2D eigenvalue weighted by atomic mass is 35.5. The predicted molar refractivity (Wildman–Crippen MR) is 163 cm³/mol. The maximum atomic E-state index is 13.9. The highest BCUT2D eigenvalue weighted by Gasteiger charge is 2.45. The van der Waals surface area contributed by atoms with E-state index in [1.165, 1.54) is 0 Å². The largest absolute Gasteiger partial charge is 0.444 e. The Morgan fingerprint density at radius 2 is 1.81 bits per heavy atom. The Kier molecular flexibility index (Phi) is 9.43. The van der Waals surface area contributed by atoms with Crippen molar-refractivity contribution < 1.29 is 23.1 Å². The summed E-state index contributed by atoms with van der Waals surface area (Å²) in [5.41, 5.74) is 0.423. The van der Waals surface area contributed by atoms with Gasteiger partial charge in [0.25, 0.3) is 0 Å². The fraction of sp³-hybridized carbons (Fsp3) is 0.581. The first-order valence-electron chi connectivity index (χ1n) is 15.0. The minimum Gasteiger partial charge on any atom is -0.444 e. The Hall–Kier alpha value is -3.02. The van der Waals surface area contributed by atoms with E-state index in [2.05, 4.69) is 20.1 Å². The fourth-order valence-corrected chi connectivity index (χ4v) is 6.63. The van der Waals surface area contributed by atoms with Gasteiger partial charge in [0.15, 0.2) is 0 Å². The highest BCUT2D eigenvalue weighted by molar-refractivity contribution is 6.32. The van der Waals surface area contributed by atoms with Crippen LogP contribution in [0.3, 0.4) is 0 Å². The Bertz CT molecular complexity index is 1320. The topological polar surface area (TPSA) is 81.2 Å². The molecule has 1 unspecified atom stereocenters. The number of hydrogen-bond acceptors (Lipinski definition) is 7. The molecule has 1 N–H and O–H groups in total. The van der Waals surface area contributed by atoms with E-state index < -0.39 is 23.9 Å². The number of aromatic nitrogens is 1. The molecule has 0 aliphatic carbocycles. The van der Waals surface area contributed by atoms with E-state index in [0.29, 0.717) is 53.8 Å². The molecule has 0 radical (unpaired) electrons. The van der Waals surface area contributed by atoms with Crippen LogP contribution in [0.2, 0.25) is 5.02 Å². The summed E-state index contributed by atoms with van der Waals surface area (Å²) in [6.07, 6.45) is -0.726. The number of carbonyl (C=O) groups excluding carboxylic acids is 2. The minimum absolute atomic E-state index is 0.0121. The minimum atomic E-state index is -2.55. The standard InChI is InChI=1S/C31H41ClF2N6O3/c1-30(2,3)43-29(42)39-15-12-37(13-16-39)10-5-11-38-14-17-40(26(41)20-38)23-7-4-6-22(18-23)31(19-25(33)34)21-36-28-27(31)24(32)8-9-35-28/h4,6-9,18,25H,5,10-17,19-21H2,1-3H3,(H,35,36). The number of fused-ring (bicyclic) bond motifs is 1. The first kappa shape index (κ1) is 31.4. The van der Waals surface area contributed by atoms with E-state index in [1.807, 2.05) is 45.0 Å². The molecule has 3 aliphatic heterocycles. The molecule has 3 aliphatic rings. The van der Waals surface area contributed by atoms with Gasteiger partial charge in [-0.2, -0.15) is 0 Å². The fourth-order valence-electron chi connectivity index (χ4n) is 6.31. The Balaban J connectivity index is 1.15. The zero-order valence-corrected chi connectivity index (χ0v) is 25.9. The molecule has 2 saturated heterocycles. The van der Waals surface area contributed by atoms with Crippen LogP contribution in [0.15, 0.2) is 36.5 Å². The van der Waals surface area contributed by atoms with E-state index >= 15 is 0 Å². The third-order valence-corrected chi connectivity index (χ3v) is 8.74. The molecule has 2 fully saturated rings. The van der Waals surface area contributed by atoms with Crippen molar-refractivity contribution in [2.45, 2.75) is 51.1 Å². The number of amides is 2. The van der Waals surface area contributed by atoms with Gasteiger partial charge in [-0.1, -0.05) is 23.7 Å². The molecule has 4 heterocycles. The van der Waals surface area contributed by atoms with Gasteiger partial charge in [0.1, 0.15) is 11.4 Å². The molecule has 0 bridgehead atoms. The zero-order valence-electron chi connectivity index (χ0n) is 25.1. The van der Waals surface area contributed by atoms with Gasteiger partial charge in [-0.15, -0.1) is 0 Å². The van der Waals surface area contributed by atoms with Gasteiger partial charge in [0.05, 0.1) is 6.54 Å². The Morgan fingerprint density at radius 3 is 2.51 bits per heavy atom. The number of carbonyl (C=O) groups is 2. The average molecular weight is 619 g/mol. The van der Waals surface area contributed by atoms with Gasteiger partial charge in [0, 0.05) is 80.1 Å². The maximum Gasteiger partial charge on any atom is 0.410 e. The van der Waals surface area contributed by atoms with Crippen molar-refractivity contribution in [1.29, 1.82) is 0 Å². The van der Waals surface area contributed by atoms with Crippen LogP contribution >= 0.6 is 11.6 Å². The molecule has 0 saturated carbocycles. The van der Waals surface area contributed by atoms with Gasteiger partial charge < -0.3 is 19.9 Å². The van der Waals surface area contributed by atoms with Gasteiger partial charge in [-0.05, 0) is 64.0 Å². The summed E-state index contributed by atoms with van der Waals surface area (Å²) in [6, 6.07) is 9.00. The number of piperazine rings is 2. The van der Waals surface area contributed by atoms with Crippen LogP contribution in [0, 0.1) is 0 Å². The van der Waals surface area contributed by atoms with E-state index in [4.69, 9.17) is 16.3 Å². The van der Waals surface area contributed by atoms with Crippen LogP contribution < -0.4 is 10.2 Å². The van der Waals surface area contributed by atoms with E-state index in [1.54, 1.807) is 22.1 Å². The van der Waals surface area contributed by atoms with Crippen molar-refractivity contribution in [1.82, 2.24) is 19.7 Å². The van der Waals surface area contributed by atoms with Crippen LogP contribution in [0.4, 0.5) is 25.1 Å². The van der Waals surface area contributed by atoms with Crippen LogP contribution in [0.1, 0.15) is 44.7 Å². The summed E-state index contributed by atoms with van der Waals surface area (Å²) in [4.78, 5) is 37.9. The highest BCUT2D eigenvalue weighted by Crippen LogP contribution is 2.48. The summed E-state index contributed by atoms with van der Waals surface area (Å²) in [5, 5.41) is 3.56. The number of nitrogens with zero attached hydrogens (tertiary/aromatic N) is 5. The van der Waals surface area contributed by atoms with Crippen molar-refractivity contribution in [3.05, 3.63) is 52.7 Å². The molecule has 2 amide bonds. The van der Waals surface area contributed by atoms with Gasteiger partial charge in [-0.3, -0.25) is 14.6 Å². The number of halogens is 3. The third-order valence-electron chi connectivity index (χ3n) is 8.42. The monoisotopic (exact) mass is 618 g/mol. The van der Waals surface area contributed by atoms with Crippen molar-refractivity contribution in [2.75, 3.05) is 75.7 Å². The quantitative estimate of drug-likeness (QED) is 0.460. The molecule has 12 heteroatoms. The maximum absolute atomic E-state index is 13.9. The van der Waals surface area contributed by atoms with Gasteiger partial charge in [-0.25, -0.2) is 18.6 Å². The number of alkyl halides is 2. The van der Waals surface area contributed by atoms with Crippen LogP contribution in [-0.4, -0.2) is 109 Å². The zero-order chi connectivity index (χ0) is 30.8. The summed E-state index contributed by atoms with van der Waals surface area (Å²) in [7, 11) is 0. The van der Waals surface area contributed by atoms with Crippen molar-refractivity contribution in [2.24, 2.45) is 0 Å². The third kappa shape index (κ3) is 7.21. The molecule has 1 aromatic carbocycles. The van der Waals surface area contributed by atoms with Gasteiger partial charge in [0.2, 0.25) is 12.3 Å². The number of ether oxygens (including phenoxy) is 1. The molecule has 1 aromatic heterocycles. The first-order chi connectivity index (χ1) is 20.4. The number of anilines is 2. The summed E-state index contributed by atoms with van der Waals surface area (Å²) in [5.74, 6) is 0.509. The molecule has 2 aromatic rings. The summed E-state index contributed by atoms with van der Waals surface area (Å²) < 4.78 is 33.4. The first-order valence-corrected chi connectivity index (χ1v) is 15.3. The summed E-state index contributed by atoms with van der Waals surface area (Å²) in [6.45, 7) is 12.0. The van der Waals surface area contributed by atoms with Crippen molar-refractivity contribution >= 4 is 35.1 Å². The Morgan fingerprint density at radius 1 is 1.09 bits per heavy atom. The molecule has 234 valence electrons. The molecule has 0 spiro atoms. The number of rotatable bonds is 8. The lowest BCUT2D eigenvalue weighted by Crippen LogP contribution is -2.52. The predicted octanol–water partition coefficient (Wildman–Crippen LogP) is 4.69. The number of hydrogen-bond donors (Lipinski definition) is 1. The van der Waals surface area contributed by atoms with Crippen LogP contribution in [0.25, 0.3) is 0 Å². The van der Waals surface area contributed by atoms with Crippen LogP contribution in [0.5, 0.6) is 0 Å². The molecule has 5 rings (SSSR count). The van der Waals surface area contributed by atoms with Crippen molar-refractivity contribution in [3.63, 3.8) is 0 Å². The molecular weight excluding hydrogens is 578 g/mol. The SMILES string of the molecule is CC(C)(C)OC(=O)N1CCN(CCCN2CCN(c3cccc(C4(CC(F)F)CNc5nccc(Cl)c54)c3)C(=O)C2)CC1. The lowest BCUT2D eigenvalue weighted by Gasteiger charge is -2.37. The second-order valence-electron chi connectivity index (χ2n) is 12.6.